The molecule has 3 aliphatic heterocycles. The number of hydrogen-bond donors (Lipinski definition) is 3. The molecule has 0 spiro atoms. The highest BCUT2D eigenvalue weighted by atomic mass is 35.5. The van der Waals surface area contributed by atoms with Gasteiger partial charge in [-0.25, -0.2) is 14.8 Å². The van der Waals surface area contributed by atoms with Gasteiger partial charge in [-0.1, -0.05) is 40.0 Å². The average Bonchev–Trinajstić information content (AvgIpc) is 3.49. The molecule has 4 heterocycles. The molecule has 1 aromatic carbocycles. The maximum Gasteiger partial charge on any atom is 0.417 e. The Balaban J connectivity index is 1.27. The van der Waals surface area contributed by atoms with Crippen LogP contribution in [0.25, 0.3) is 0 Å². The van der Waals surface area contributed by atoms with Gasteiger partial charge in [-0.05, 0) is 31.2 Å². The Hall–Kier alpha value is -3.33. The molecule has 0 aliphatic carbocycles. The molecule has 206 valence electrons. The number of carbonyl (C=O) groups is 3. The number of fused-ring (bicyclic) bond motifs is 1. The molecular formula is C22H17Cl3F3N7O4. The van der Waals surface area contributed by atoms with Gasteiger partial charge in [-0.2, -0.15) is 18.6 Å². The molecule has 3 atom stereocenters. The van der Waals surface area contributed by atoms with Gasteiger partial charge >= 0.3 is 12.2 Å². The SMILES string of the molecule is C[C@@]1(C2=NO[C@H]3C(=O)N(CCNc4ncc(C(F)(F)F)cc4Cl)C(=O)[C@@H]23)NC(=O)N(c2ccc(Cl)cc2Cl)N1. The van der Waals surface area contributed by atoms with Crippen LogP contribution in [-0.2, 0) is 20.6 Å². The Morgan fingerprint density at radius 2 is 1.87 bits per heavy atom. The first-order chi connectivity index (χ1) is 18.3. The van der Waals surface area contributed by atoms with Crippen LogP contribution in [0.4, 0.5) is 29.5 Å². The van der Waals surface area contributed by atoms with E-state index in [4.69, 9.17) is 39.6 Å². The van der Waals surface area contributed by atoms with Gasteiger partial charge in [0.15, 0.2) is 5.66 Å². The van der Waals surface area contributed by atoms with E-state index in [1.165, 1.54) is 18.2 Å². The van der Waals surface area contributed by atoms with Crippen molar-refractivity contribution in [3.8, 4) is 0 Å². The third-order valence-electron chi connectivity index (χ3n) is 6.26. The second kappa shape index (κ2) is 9.70. The number of nitrogens with zero attached hydrogens (tertiary/aromatic N) is 4. The van der Waals surface area contributed by atoms with Crippen LogP contribution in [0.2, 0.25) is 15.1 Å². The highest BCUT2D eigenvalue weighted by Gasteiger charge is 2.61. The second-order valence-electron chi connectivity index (χ2n) is 8.89. The van der Waals surface area contributed by atoms with Crippen molar-refractivity contribution < 1.29 is 32.4 Å². The molecule has 11 nitrogen and oxygen atoms in total. The van der Waals surface area contributed by atoms with Gasteiger partial charge in [0.05, 0.1) is 21.3 Å². The van der Waals surface area contributed by atoms with Gasteiger partial charge in [0.25, 0.3) is 5.91 Å². The summed E-state index contributed by atoms with van der Waals surface area (Å²) in [6.45, 7) is 1.32. The van der Waals surface area contributed by atoms with Gasteiger partial charge < -0.3 is 15.5 Å². The Kier molecular flexibility index (Phi) is 6.77. The molecule has 4 amide bonds. The molecule has 0 radical (unpaired) electrons. The number of hydrazine groups is 1. The molecule has 3 N–H and O–H groups in total. The summed E-state index contributed by atoms with van der Waals surface area (Å²) < 4.78 is 38.5. The van der Waals surface area contributed by atoms with E-state index in [9.17, 15) is 27.6 Å². The molecule has 2 aromatic rings. The van der Waals surface area contributed by atoms with Crippen LogP contribution in [0.5, 0.6) is 0 Å². The van der Waals surface area contributed by atoms with Gasteiger partial charge in [0.1, 0.15) is 17.4 Å². The van der Waals surface area contributed by atoms with E-state index in [2.05, 4.69) is 26.2 Å². The van der Waals surface area contributed by atoms with Crippen molar-refractivity contribution in [3.63, 3.8) is 0 Å². The summed E-state index contributed by atoms with van der Waals surface area (Å²) in [6, 6.07) is 4.63. The average molecular weight is 607 g/mol. The Labute approximate surface area is 233 Å². The molecule has 0 bridgehead atoms. The predicted molar refractivity (Wildman–Crippen MR) is 134 cm³/mol. The number of likely N-dealkylation sites (tertiary alicyclic amines) is 1. The van der Waals surface area contributed by atoms with Gasteiger partial charge in [0.2, 0.25) is 12.0 Å². The predicted octanol–water partition coefficient (Wildman–Crippen LogP) is 3.66. The monoisotopic (exact) mass is 605 g/mol. The standard InChI is InChI=1S/C22H17Cl3F3N7O4/c1-21(31-20(38)35(33-21)13-3-2-10(23)7-11(13)24)16-14-15(39-32-16)19(37)34(18(14)36)5-4-29-17-12(25)6-9(8-30-17)22(26,27)28/h2-3,6-8,14-15,33H,4-5H2,1H3,(H,29,30)(H,31,38)/t14-,15-,21-/m1/s1. The molecule has 0 unspecified atom stereocenters. The van der Waals surface area contributed by atoms with E-state index in [0.717, 1.165) is 9.91 Å². The normalized spacial score (nSPS) is 24.6. The minimum atomic E-state index is -4.61. The van der Waals surface area contributed by atoms with Crippen molar-refractivity contribution in [2.75, 3.05) is 23.4 Å². The van der Waals surface area contributed by atoms with Crippen molar-refractivity contribution in [2.45, 2.75) is 24.9 Å². The van der Waals surface area contributed by atoms with Crippen LogP contribution in [0.15, 0.2) is 35.6 Å². The number of halogens is 6. The summed E-state index contributed by atoms with van der Waals surface area (Å²) in [5.41, 5.74) is 0.842. The minimum Gasteiger partial charge on any atom is -0.381 e. The lowest BCUT2D eigenvalue weighted by Gasteiger charge is -2.26. The lowest BCUT2D eigenvalue weighted by Crippen LogP contribution is -2.58. The number of nitrogens with one attached hydrogen (secondary N) is 3. The summed E-state index contributed by atoms with van der Waals surface area (Å²) in [6.07, 6.45) is -5.24. The molecule has 2 fully saturated rings. The maximum absolute atomic E-state index is 13.3. The number of alkyl halides is 3. The number of urea groups is 1. The highest BCUT2D eigenvalue weighted by Crippen LogP contribution is 2.37. The Bertz CT molecular complexity index is 1430. The largest absolute Gasteiger partial charge is 0.417 e. The van der Waals surface area contributed by atoms with Gasteiger partial charge in [0, 0.05) is 24.3 Å². The molecule has 17 heteroatoms. The van der Waals surface area contributed by atoms with Crippen molar-refractivity contribution in [1.29, 1.82) is 0 Å². The molecule has 5 rings (SSSR count). The van der Waals surface area contributed by atoms with Crippen molar-refractivity contribution in [1.82, 2.24) is 20.6 Å². The smallest absolute Gasteiger partial charge is 0.381 e. The molecule has 3 aliphatic rings. The fourth-order valence-electron chi connectivity index (χ4n) is 4.40. The summed E-state index contributed by atoms with van der Waals surface area (Å²) in [5, 5.41) is 10.7. The summed E-state index contributed by atoms with van der Waals surface area (Å²) >= 11 is 18.1. The van der Waals surface area contributed by atoms with Gasteiger partial charge in [-0.3, -0.25) is 14.5 Å². The van der Waals surface area contributed by atoms with Crippen molar-refractivity contribution in [3.05, 3.63) is 51.1 Å². The maximum atomic E-state index is 13.3. The molecular weight excluding hydrogens is 590 g/mol. The topological polar surface area (TPSA) is 128 Å². The number of imide groups is 1. The number of benzene rings is 1. The van der Waals surface area contributed by atoms with Gasteiger partial charge in [-0.15, -0.1) is 0 Å². The van der Waals surface area contributed by atoms with Crippen LogP contribution < -0.4 is 21.1 Å². The summed E-state index contributed by atoms with van der Waals surface area (Å²) in [5.74, 6) is -2.48. The van der Waals surface area contributed by atoms with Crippen molar-refractivity contribution >= 4 is 69.9 Å². The number of hydrogen-bond acceptors (Lipinski definition) is 8. The fourth-order valence-corrected chi connectivity index (χ4v) is 5.12. The summed E-state index contributed by atoms with van der Waals surface area (Å²) in [4.78, 5) is 48.8. The lowest BCUT2D eigenvalue weighted by atomic mass is 9.91. The van der Waals surface area contributed by atoms with Crippen LogP contribution in [-0.4, -0.2) is 58.3 Å². The second-order valence-corrected chi connectivity index (χ2v) is 10.1. The third-order valence-corrected chi connectivity index (χ3v) is 7.08. The molecule has 1 aromatic heterocycles. The quantitative estimate of drug-likeness (QED) is 0.428. The van der Waals surface area contributed by atoms with E-state index >= 15 is 0 Å². The number of carbonyl (C=O) groups excluding carboxylic acids is 3. The van der Waals surface area contributed by atoms with E-state index in [1.54, 1.807) is 6.92 Å². The number of rotatable bonds is 6. The van der Waals surface area contributed by atoms with Crippen LogP contribution in [0, 0.1) is 5.92 Å². The van der Waals surface area contributed by atoms with Crippen molar-refractivity contribution in [2.24, 2.45) is 11.1 Å². The zero-order chi connectivity index (χ0) is 28.3. The lowest BCUT2D eigenvalue weighted by molar-refractivity contribution is -0.142. The third kappa shape index (κ3) is 4.81. The zero-order valence-corrected chi connectivity index (χ0v) is 21.9. The molecule has 39 heavy (non-hydrogen) atoms. The van der Waals surface area contributed by atoms with E-state index < -0.39 is 47.3 Å². The van der Waals surface area contributed by atoms with E-state index in [1.807, 2.05) is 0 Å². The number of amides is 4. The number of aromatic nitrogens is 1. The first-order valence-corrected chi connectivity index (χ1v) is 12.3. The zero-order valence-electron chi connectivity index (χ0n) is 19.6. The first-order valence-electron chi connectivity index (χ1n) is 11.2. The van der Waals surface area contributed by atoms with E-state index in [0.29, 0.717) is 17.3 Å². The van der Waals surface area contributed by atoms with Crippen LogP contribution >= 0.6 is 34.8 Å². The van der Waals surface area contributed by atoms with E-state index in [-0.39, 0.29) is 40.4 Å². The number of anilines is 2. The summed E-state index contributed by atoms with van der Waals surface area (Å²) in [7, 11) is 0. The van der Waals surface area contributed by atoms with Crippen LogP contribution in [0.3, 0.4) is 0 Å². The molecule has 0 saturated carbocycles. The Morgan fingerprint density at radius 3 is 2.54 bits per heavy atom. The minimum absolute atomic E-state index is 0.0474. The van der Waals surface area contributed by atoms with Crippen LogP contribution in [0.1, 0.15) is 12.5 Å². The first kappa shape index (κ1) is 27.2. The Morgan fingerprint density at radius 1 is 1.13 bits per heavy atom. The number of oxime groups is 1. The number of pyridine rings is 1. The highest BCUT2D eigenvalue weighted by molar-refractivity contribution is 6.37. The molecule has 2 saturated heterocycles. The fraction of sp³-hybridized carbons (Fsp3) is 0.318.